The number of benzene rings is 2. The minimum atomic E-state index is -4.07. The number of piperidine rings is 1. The van der Waals surface area contributed by atoms with Crippen LogP contribution in [0.15, 0.2) is 58.3 Å². The zero-order valence-electron chi connectivity index (χ0n) is 24.9. The highest BCUT2D eigenvalue weighted by molar-refractivity contribution is 7.85. The lowest BCUT2D eigenvalue weighted by Crippen LogP contribution is -2.63. The van der Waals surface area contributed by atoms with Crippen LogP contribution in [-0.4, -0.2) is 43.8 Å². The van der Waals surface area contributed by atoms with Gasteiger partial charge in [-0.05, 0) is 68.9 Å². The highest BCUT2D eigenvalue weighted by Gasteiger charge is 2.55. The van der Waals surface area contributed by atoms with Crippen LogP contribution in [0.5, 0.6) is 5.75 Å². The van der Waals surface area contributed by atoms with Crippen molar-refractivity contribution >= 4 is 38.9 Å². The minimum Gasteiger partial charge on any atom is -0.406 e. The Kier molecular flexibility index (Phi) is 8.59. The van der Waals surface area contributed by atoms with E-state index < -0.39 is 10.1 Å². The molecule has 0 aliphatic carbocycles. The molecule has 0 saturated carbocycles. The lowest BCUT2D eigenvalue weighted by Gasteiger charge is -2.41. The third kappa shape index (κ3) is 6.02. The van der Waals surface area contributed by atoms with Crippen LogP contribution in [0.4, 0.5) is 5.69 Å². The van der Waals surface area contributed by atoms with Crippen molar-refractivity contribution in [3.8, 4) is 5.75 Å². The molecule has 0 radical (unpaired) electrons. The van der Waals surface area contributed by atoms with Crippen molar-refractivity contribution in [1.29, 1.82) is 0 Å². The Balaban J connectivity index is 1.58. The molecular weight excluding hydrogens is 554 g/mol. The van der Waals surface area contributed by atoms with Gasteiger partial charge in [-0.3, -0.25) is 9.35 Å². The summed E-state index contributed by atoms with van der Waals surface area (Å²) < 4.78 is 47.1. The Morgan fingerprint density at radius 2 is 1.93 bits per heavy atom. The number of nitrogens with one attached hydrogen (secondary N) is 1. The maximum Gasteiger partial charge on any atom is 0.374 e. The van der Waals surface area contributed by atoms with Crippen LogP contribution in [0.25, 0.3) is 17.2 Å². The van der Waals surface area contributed by atoms with Crippen molar-refractivity contribution in [2.24, 2.45) is 0 Å². The van der Waals surface area contributed by atoms with Gasteiger partial charge in [0.1, 0.15) is 0 Å². The zero-order valence-corrected chi connectivity index (χ0v) is 25.7. The SMILES string of the molecule is CCCNC(=O)C1CCCC[N+]12C(=CC(C)=Cc1oc3ccc(C)cc3[n+]1CCCS(=O)(=O)O)Oc1ccc(C)cc12. The summed E-state index contributed by atoms with van der Waals surface area (Å²) >= 11 is 0. The first-order valence-electron chi connectivity index (χ1n) is 14.7. The molecule has 2 atom stereocenters. The maximum absolute atomic E-state index is 13.6. The molecule has 2 aliphatic heterocycles. The van der Waals surface area contributed by atoms with Gasteiger partial charge in [0.15, 0.2) is 24.0 Å². The van der Waals surface area contributed by atoms with Crippen LogP contribution in [0.3, 0.4) is 0 Å². The molecule has 2 unspecified atom stereocenters. The molecule has 9 nitrogen and oxygen atoms in total. The molecule has 3 aromatic rings. The van der Waals surface area contributed by atoms with Crippen molar-refractivity contribution in [2.45, 2.75) is 72.4 Å². The second-order valence-electron chi connectivity index (χ2n) is 11.5. The van der Waals surface area contributed by atoms with Gasteiger partial charge in [-0.15, -0.1) is 0 Å². The molecule has 3 heterocycles. The molecule has 0 bridgehead atoms. The number of oxazole rings is 1. The van der Waals surface area contributed by atoms with E-state index >= 15 is 0 Å². The number of rotatable bonds is 9. The van der Waals surface area contributed by atoms with E-state index in [4.69, 9.17) is 9.15 Å². The van der Waals surface area contributed by atoms with E-state index in [1.54, 1.807) is 0 Å². The first kappa shape index (κ1) is 30.0. The third-order valence-corrected chi connectivity index (χ3v) is 8.95. The Morgan fingerprint density at radius 1 is 1.17 bits per heavy atom. The number of amides is 1. The van der Waals surface area contributed by atoms with Gasteiger partial charge in [-0.25, -0.2) is 4.48 Å². The fourth-order valence-electron chi connectivity index (χ4n) is 6.19. The summed E-state index contributed by atoms with van der Waals surface area (Å²) in [5.74, 6) is 1.76. The smallest absolute Gasteiger partial charge is 0.374 e. The minimum absolute atomic E-state index is 0.0476. The van der Waals surface area contributed by atoms with Crippen LogP contribution in [0.2, 0.25) is 0 Å². The molecule has 224 valence electrons. The first-order valence-corrected chi connectivity index (χ1v) is 16.4. The highest BCUT2D eigenvalue weighted by Crippen LogP contribution is 2.50. The van der Waals surface area contributed by atoms with Gasteiger partial charge in [0.05, 0.1) is 18.4 Å². The number of ether oxygens (including phenoxy) is 1. The molecule has 2 aliphatic rings. The summed E-state index contributed by atoms with van der Waals surface area (Å²) in [6.45, 7) is 9.83. The fraction of sp³-hybridized carbons (Fsp3) is 0.438. The van der Waals surface area contributed by atoms with Crippen molar-refractivity contribution in [2.75, 3.05) is 18.8 Å². The molecule has 1 fully saturated rings. The fourth-order valence-corrected chi connectivity index (χ4v) is 6.69. The average Bonchev–Trinajstić information content (AvgIpc) is 3.41. The number of aromatic nitrogens is 1. The summed E-state index contributed by atoms with van der Waals surface area (Å²) in [7, 11) is -4.07. The zero-order chi connectivity index (χ0) is 30.1. The second kappa shape index (κ2) is 12.0. The Hall–Kier alpha value is -3.47. The number of hydrogen-bond donors (Lipinski definition) is 2. The molecular formula is C32H41N3O6S+2. The van der Waals surface area contributed by atoms with E-state index in [9.17, 15) is 17.8 Å². The van der Waals surface area contributed by atoms with Crippen LogP contribution in [0.1, 0.15) is 63.0 Å². The highest BCUT2D eigenvalue weighted by atomic mass is 32.2. The van der Waals surface area contributed by atoms with E-state index in [0.717, 1.165) is 65.9 Å². The molecule has 1 saturated heterocycles. The van der Waals surface area contributed by atoms with Gasteiger partial charge in [0.2, 0.25) is 5.58 Å². The molecule has 42 heavy (non-hydrogen) atoms. The molecule has 10 heteroatoms. The van der Waals surface area contributed by atoms with E-state index in [0.29, 0.717) is 34.9 Å². The molecule has 2 aromatic carbocycles. The summed E-state index contributed by atoms with van der Waals surface area (Å²) in [4.78, 5) is 13.6. The lowest BCUT2D eigenvalue weighted by atomic mass is 9.95. The van der Waals surface area contributed by atoms with Crippen LogP contribution < -0.4 is 19.1 Å². The van der Waals surface area contributed by atoms with Crippen LogP contribution in [0, 0.1) is 13.8 Å². The second-order valence-corrected chi connectivity index (χ2v) is 13.1. The van der Waals surface area contributed by atoms with Gasteiger partial charge in [0.25, 0.3) is 21.5 Å². The predicted molar refractivity (Wildman–Crippen MR) is 163 cm³/mol. The summed E-state index contributed by atoms with van der Waals surface area (Å²) in [6, 6.07) is 11.7. The third-order valence-electron chi connectivity index (χ3n) is 8.15. The number of aryl methyl sites for hydroxylation is 3. The number of carbonyl (C=O) groups excluding carboxylic acids is 1. The monoisotopic (exact) mass is 595 g/mol. The van der Waals surface area contributed by atoms with Crippen molar-refractivity contribution in [3.63, 3.8) is 0 Å². The normalized spacial score (nSPS) is 21.6. The number of quaternary nitrogens is 1. The molecule has 2 N–H and O–H groups in total. The van der Waals surface area contributed by atoms with E-state index in [1.165, 1.54) is 0 Å². The van der Waals surface area contributed by atoms with Crippen molar-refractivity contribution < 1.29 is 31.5 Å². The standard InChI is InChI=1S/C32H39N3O6S/c1-5-14-33-32(36)26-9-6-7-16-35(26)27-19-23(3)11-13-29(27)41-31(35)21-24(4)20-30-34(15-8-17-42(37,38)39)25-18-22(2)10-12-28(25)40-30/h10-13,18-21,26H,5-9,14-17H2,1-4H3/p+2. The molecule has 5 rings (SSSR count). The lowest BCUT2D eigenvalue weighted by molar-refractivity contribution is -0.677. The largest absolute Gasteiger partial charge is 0.406 e. The number of fused-ring (bicyclic) bond motifs is 3. The Labute approximate surface area is 247 Å². The predicted octanol–water partition coefficient (Wildman–Crippen LogP) is 5.34. The van der Waals surface area contributed by atoms with E-state index in [-0.39, 0.29) is 24.1 Å². The number of hydrogen-bond acceptors (Lipinski definition) is 5. The van der Waals surface area contributed by atoms with Gasteiger partial charge in [0, 0.05) is 37.6 Å². The molecule has 1 aromatic heterocycles. The van der Waals surface area contributed by atoms with Gasteiger partial charge < -0.3 is 14.5 Å². The average molecular weight is 596 g/mol. The van der Waals surface area contributed by atoms with Crippen LogP contribution >= 0.6 is 0 Å². The number of carbonyl (C=O) groups is 1. The number of nitrogens with zero attached hydrogens (tertiary/aromatic N) is 2. The van der Waals surface area contributed by atoms with Gasteiger partial charge >= 0.3 is 11.8 Å². The van der Waals surface area contributed by atoms with Crippen LogP contribution in [-0.2, 0) is 21.5 Å². The van der Waals surface area contributed by atoms with E-state index in [1.807, 2.05) is 60.9 Å². The maximum atomic E-state index is 13.6. The van der Waals surface area contributed by atoms with Gasteiger partial charge in [-0.2, -0.15) is 13.0 Å². The van der Waals surface area contributed by atoms with Gasteiger partial charge in [-0.1, -0.05) is 19.1 Å². The topological polar surface area (TPSA) is 110 Å². The quantitative estimate of drug-likeness (QED) is 0.196. The summed E-state index contributed by atoms with van der Waals surface area (Å²) in [5, 5.41) is 3.14. The first-order chi connectivity index (χ1) is 20.0. The number of allylic oxidation sites excluding steroid dienone is 2. The summed E-state index contributed by atoms with van der Waals surface area (Å²) in [6.07, 6.45) is 7.75. The summed E-state index contributed by atoms with van der Waals surface area (Å²) in [5.41, 5.74) is 5.59. The Morgan fingerprint density at radius 3 is 2.69 bits per heavy atom. The van der Waals surface area contributed by atoms with E-state index in [2.05, 4.69) is 25.2 Å². The van der Waals surface area contributed by atoms with Crippen molar-refractivity contribution in [1.82, 2.24) is 9.80 Å². The molecule has 1 amide bonds. The Bertz CT molecular complexity index is 1670. The molecule has 1 spiro atoms. The van der Waals surface area contributed by atoms with Crippen molar-refractivity contribution in [3.05, 3.63) is 70.9 Å².